The highest BCUT2D eigenvalue weighted by atomic mass is 16.7. The summed E-state index contributed by atoms with van der Waals surface area (Å²) in [5.74, 6) is -0.146. The summed E-state index contributed by atoms with van der Waals surface area (Å²) in [4.78, 5) is 22.2. The van der Waals surface area contributed by atoms with Gasteiger partial charge in [-0.1, -0.05) is 24.3 Å². The van der Waals surface area contributed by atoms with Crippen molar-refractivity contribution in [2.24, 2.45) is 0 Å². The van der Waals surface area contributed by atoms with Crippen molar-refractivity contribution < 1.29 is 9.63 Å². The largest absolute Gasteiger partial charge is 0.296 e. The zero-order valence-corrected chi connectivity index (χ0v) is 10.7. The molecule has 0 aliphatic carbocycles. The van der Waals surface area contributed by atoms with E-state index in [-0.39, 0.29) is 5.91 Å². The van der Waals surface area contributed by atoms with Crippen LogP contribution in [0.5, 0.6) is 0 Å². The topological polar surface area (TPSA) is 42.4 Å². The van der Waals surface area contributed by atoms with E-state index in [1.54, 1.807) is 6.07 Å². The highest BCUT2D eigenvalue weighted by molar-refractivity contribution is 5.94. The molecule has 1 saturated heterocycles. The molecule has 1 aliphatic heterocycles. The molecule has 1 aromatic carbocycles. The monoisotopic (exact) mass is 256 g/mol. The fraction of sp³-hybridized carbons (Fsp3) is 0.333. The third kappa shape index (κ3) is 2.58. The summed E-state index contributed by atoms with van der Waals surface area (Å²) in [6, 6.07) is 11.5. The van der Waals surface area contributed by atoms with Gasteiger partial charge in [0.15, 0.2) is 0 Å². The van der Waals surface area contributed by atoms with Crippen molar-refractivity contribution in [3.63, 3.8) is 0 Å². The lowest BCUT2D eigenvalue weighted by Gasteiger charge is -2.18. The Bertz CT molecular complexity index is 589. The summed E-state index contributed by atoms with van der Waals surface area (Å²) in [6.45, 7) is 1.26. The van der Waals surface area contributed by atoms with Gasteiger partial charge in [-0.15, -0.1) is 0 Å². The van der Waals surface area contributed by atoms with Crippen molar-refractivity contribution in [2.75, 3.05) is 13.2 Å². The van der Waals surface area contributed by atoms with Gasteiger partial charge in [0.25, 0.3) is 5.91 Å². The van der Waals surface area contributed by atoms with Crippen LogP contribution in [-0.4, -0.2) is 29.1 Å². The highest BCUT2D eigenvalue weighted by Gasteiger charge is 2.19. The molecule has 1 fully saturated rings. The molecular formula is C15H16N2O2. The Balaban J connectivity index is 1.88. The fourth-order valence-electron chi connectivity index (χ4n) is 2.25. The summed E-state index contributed by atoms with van der Waals surface area (Å²) >= 11 is 0. The van der Waals surface area contributed by atoms with Crippen molar-refractivity contribution in [2.45, 2.75) is 19.3 Å². The number of hydroxylamine groups is 2. The number of benzene rings is 1. The summed E-state index contributed by atoms with van der Waals surface area (Å²) < 4.78 is 0. The molecule has 98 valence electrons. The zero-order chi connectivity index (χ0) is 13.1. The summed E-state index contributed by atoms with van der Waals surface area (Å²) in [5.41, 5.74) is 1.28. The second kappa shape index (κ2) is 5.36. The van der Waals surface area contributed by atoms with Gasteiger partial charge in [0.2, 0.25) is 0 Å². The average Bonchev–Trinajstić information content (AvgIpc) is 2.75. The highest BCUT2D eigenvalue weighted by Crippen LogP contribution is 2.15. The van der Waals surface area contributed by atoms with E-state index in [1.165, 1.54) is 5.06 Å². The molecule has 1 amide bonds. The summed E-state index contributed by atoms with van der Waals surface area (Å²) in [7, 11) is 0. The van der Waals surface area contributed by atoms with E-state index < -0.39 is 0 Å². The first-order chi connectivity index (χ1) is 9.34. The van der Waals surface area contributed by atoms with Crippen LogP contribution in [-0.2, 0) is 4.84 Å². The number of para-hydroxylation sites is 1. The smallest absolute Gasteiger partial charge is 0.271 e. The predicted molar refractivity (Wildman–Crippen MR) is 72.6 cm³/mol. The minimum Gasteiger partial charge on any atom is -0.271 e. The maximum atomic E-state index is 12.3. The van der Waals surface area contributed by atoms with Crippen molar-refractivity contribution in [1.82, 2.24) is 10.0 Å². The van der Waals surface area contributed by atoms with E-state index in [0.29, 0.717) is 18.8 Å². The maximum Gasteiger partial charge on any atom is 0.296 e. The molecule has 1 aromatic heterocycles. The number of hydrogen-bond acceptors (Lipinski definition) is 3. The minimum atomic E-state index is -0.146. The van der Waals surface area contributed by atoms with Gasteiger partial charge < -0.3 is 0 Å². The number of carbonyl (C=O) groups is 1. The molecule has 0 saturated carbocycles. The fourth-order valence-corrected chi connectivity index (χ4v) is 2.25. The Morgan fingerprint density at radius 3 is 2.95 bits per heavy atom. The molecule has 0 N–H and O–H groups in total. The van der Waals surface area contributed by atoms with Crippen LogP contribution in [0.3, 0.4) is 0 Å². The van der Waals surface area contributed by atoms with Crippen LogP contribution in [0, 0.1) is 0 Å². The lowest BCUT2D eigenvalue weighted by molar-refractivity contribution is -0.116. The van der Waals surface area contributed by atoms with Gasteiger partial charge >= 0.3 is 0 Å². The number of pyridine rings is 1. The predicted octanol–water partition coefficient (Wildman–Crippen LogP) is 2.79. The van der Waals surface area contributed by atoms with Gasteiger partial charge in [-0.05, 0) is 31.4 Å². The van der Waals surface area contributed by atoms with Gasteiger partial charge in [0, 0.05) is 11.9 Å². The Hall–Kier alpha value is -1.94. The van der Waals surface area contributed by atoms with Crippen molar-refractivity contribution in [3.8, 4) is 0 Å². The Kier molecular flexibility index (Phi) is 3.42. The van der Waals surface area contributed by atoms with E-state index in [2.05, 4.69) is 4.98 Å². The van der Waals surface area contributed by atoms with Crippen LogP contribution in [0.2, 0.25) is 0 Å². The molecule has 3 rings (SSSR count). The van der Waals surface area contributed by atoms with Gasteiger partial charge in [-0.3, -0.25) is 9.63 Å². The molecule has 4 heteroatoms. The SMILES string of the molecule is O=C(c1ccc2ccccc2n1)N1CCCCCO1. The third-order valence-corrected chi connectivity index (χ3v) is 3.30. The standard InChI is InChI=1S/C15H16N2O2/c18-15(17-10-4-1-5-11-19-17)14-9-8-12-6-2-3-7-13(12)16-14/h2-3,6-9H,1,4-5,10-11H2. The van der Waals surface area contributed by atoms with Gasteiger partial charge in [-0.25, -0.2) is 10.0 Å². The van der Waals surface area contributed by atoms with E-state index in [1.807, 2.05) is 30.3 Å². The van der Waals surface area contributed by atoms with Gasteiger partial charge in [0.1, 0.15) is 5.69 Å². The van der Waals surface area contributed by atoms with Crippen molar-refractivity contribution in [3.05, 3.63) is 42.1 Å². The Morgan fingerprint density at radius 2 is 2.00 bits per heavy atom. The Labute approximate surface area is 112 Å². The number of nitrogens with zero attached hydrogens (tertiary/aromatic N) is 2. The van der Waals surface area contributed by atoms with Crippen molar-refractivity contribution >= 4 is 16.8 Å². The van der Waals surface area contributed by atoms with Gasteiger partial charge in [0.05, 0.1) is 12.1 Å². The second-order valence-corrected chi connectivity index (χ2v) is 4.69. The van der Waals surface area contributed by atoms with Crippen LogP contribution < -0.4 is 0 Å². The molecular weight excluding hydrogens is 240 g/mol. The molecule has 2 heterocycles. The molecule has 4 nitrogen and oxygen atoms in total. The molecule has 1 aliphatic rings. The number of fused-ring (bicyclic) bond motifs is 1. The van der Waals surface area contributed by atoms with Crippen LogP contribution in [0.1, 0.15) is 29.8 Å². The normalized spacial score (nSPS) is 16.3. The molecule has 0 atom stereocenters. The number of rotatable bonds is 1. The zero-order valence-electron chi connectivity index (χ0n) is 10.7. The number of amides is 1. The first-order valence-electron chi connectivity index (χ1n) is 6.65. The second-order valence-electron chi connectivity index (χ2n) is 4.69. The minimum absolute atomic E-state index is 0.146. The molecule has 0 radical (unpaired) electrons. The van der Waals surface area contributed by atoms with Crippen molar-refractivity contribution in [1.29, 1.82) is 0 Å². The average molecular weight is 256 g/mol. The van der Waals surface area contributed by atoms with Crippen LogP contribution >= 0.6 is 0 Å². The number of carbonyl (C=O) groups excluding carboxylic acids is 1. The molecule has 0 spiro atoms. The van der Waals surface area contributed by atoms with Gasteiger partial charge in [-0.2, -0.15) is 0 Å². The number of aromatic nitrogens is 1. The van der Waals surface area contributed by atoms with E-state index in [0.717, 1.165) is 30.2 Å². The first-order valence-corrected chi connectivity index (χ1v) is 6.65. The van der Waals surface area contributed by atoms with Crippen LogP contribution in [0.4, 0.5) is 0 Å². The van der Waals surface area contributed by atoms with E-state index in [4.69, 9.17) is 4.84 Å². The summed E-state index contributed by atoms with van der Waals surface area (Å²) in [5, 5.41) is 2.49. The van der Waals surface area contributed by atoms with Crippen LogP contribution in [0.15, 0.2) is 36.4 Å². The van der Waals surface area contributed by atoms with E-state index >= 15 is 0 Å². The first kappa shape index (κ1) is 12.1. The Morgan fingerprint density at radius 1 is 1.11 bits per heavy atom. The third-order valence-electron chi connectivity index (χ3n) is 3.30. The molecule has 0 bridgehead atoms. The molecule has 0 unspecified atom stereocenters. The lowest BCUT2D eigenvalue weighted by Crippen LogP contribution is -2.31. The summed E-state index contributed by atoms with van der Waals surface area (Å²) in [6.07, 6.45) is 3.10. The van der Waals surface area contributed by atoms with Crippen LogP contribution in [0.25, 0.3) is 10.9 Å². The quantitative estimate of drug-likeness (QED) is 0.788. The maximum absolute atomic E-state index is 12.3. The molecule has 19 heavy (non-hydrogen) atoms. The van der Waals surface area contributed by atoms with E-state index in [9.17, 15) is 4.79 Å². The molecule has 2 aromatic rings. The lowest BCUT2D eigenvalue weighted by atomic mass is 10.2. The number of hydrogen-bond donors (Lipinski definition) is 0.